The molecule has 0 bridgehead atoms. The van der Waals surface area contributed by atoms with Gasteiger partial charge in [-0.1, -0.05) is 13.8 Å². The van der Waals surface area contributed by atoms with Crippen LogP contribution in [0, 0.1) is 5.92 Å². The highest BCUT2D eigenvalue weighted by Gasteiger charge is 2.10. The summed E-state index contributed by atoms with van der Waals surface area (Å²) in [5.74, 6) is 0.784. The highest BCUT2D eigenvalue weighted by Crippen LogP contribution is 2.06. The van der Waals surface area contributed by atoms with Crippen LogP contribution in [0.3, 0.4) is 0 Å². The minimum absolute atomic E-state index is 0.0352. The van der Waals surface area contributed by atoms with Gasteiger partial charge in [0.1, 0.15) is 0 Å². The van der Waals surface area contributed by atoms with Crippen LogP contribution in [-0.2, 0) is 4.79 Å². The summed E-state index contributed by atoms with van der Waals surface area (Å²) >= 11 is 5.79. The van der Waals surface area contributed by atoms with E-state index in [2.05, 4.69) is 13.8 Å². The van der Waals surface area contributed by atoms with Gasteiger partial charge in [0.05, 0.1) is 0 Å². The molecule has 0 aliphatic carbocycles. The summed E-state index contributed by atoms with van der Waals surface area (Å²) in [5.41, 5.74) is 0. The molecule has 0 saturated carbocycles. The number of amides is 1. The van der Waals surface area contributed by atoms with E-state index in [0.717, 1.165) is 6.42 Å². The van der Waals surface area contributed by atoms with Crippen LogP contribution in [0.2, 0.25) is 0 Å². The van der Waals surface area contributed by atoms with Crippen molar-refractivity contribution in [3.8, 4) is 0 Å². The van der Waals surface area contributed by atoms with E-state index >= 15 is 0 Å². The smallest absolute Gasteiger partial charge is 0.222 e. The van der Waals surface area contributed by atoms with E-state index in [4.69, 9.17) is 11.6 Å². The van der Waals surface area contributed by atoms with Crippen LogP contribution < -0.4 is 0 Å². The maximum atomic E-state index is 11.5. The number of rotatable bonds is 5. The van der Waals surface area contributed by atoms with Crippen molar-refractivity contribution in [2.24, 2.45) is 5.92 Å². The average molecular weight is 206 g/mol. The molecule has 0 aliphatic rings. The first-order valence-corrected chi connectivity index (χ1v) is 5.25. The summed E-state index contributed by atoms with van der Waals surface area (Å²) in [7, 11) is 1.81. The number of hydrogen-bond donors (Lipinski definition) is 0. The predicted molar refractivity (Wildman–Crippen MR) is 57.0 cm³/mol. The quantitative estimate of drug-likeness (QED) is 0.632. The standard InChI is InChI=1S/C10H20ClNO/c1-8(2)5-6-10(13)12(4)7-9(3)11/h8-9H,5-7H2,1-4H3. The van der Waals surface area contributed by atoms with Gasteiger partial charge in [-0.3, -0.25) is 4.79 Å². The Labute approximate surface area is 86.2 Å². The topological polar surface area (TPSA) is 20.3 Å². The van der Waals surface area contributed by atoms with Crippen LogP contribution >= 0.6 is 11.6 Å². The number of hydrogen-bond acceptors (Lipinski definition) is 1. The molecule has 0 saturated heterocycles. The molecule has 0 aromatic heterocycles. The number of alkyl halides is 1. The van der Waals surface area contributed by atoms with Crippen LogP contribution in [0.4, 0.5) is 0 Å². The second-order valence-corrected chi connectivity index (χ2v) is 4.73. The molecule has 78 valence electrons. The summed E-state index contributed by atoms with van der Waals surface area (Å²) in [6.45, 7) is 6.78. The fourth-order valence-corrected chi connectivity index (χ4v) is 1.29. The molecular weight excluding hydrogens is 186 g/mol. The van der Waals surface area contributed by atoms with Gasteiger partial charge in [0.2, 0.25) is 5.91 Å². The lowest BCUT2D eigenvalue weighted by Crippen LogP contribution is -2.31. The van der Waals surface area contributed by atoms with Gasteiger partial charge in [0, 0.05) is 25.4 Å². The molecule has 0 rings (SSSR count). The van der Waals surface area contributed by atoms with E-state index in [1.54, 1.807) is 4.90 Å². The molecule has 0 aromatic rings. The van der Waals surface area contributed by atoms with Crippen molar-refractivity contribution in [2.75, 3.05) is 13.6 Å². The van der Waals surface area contributed by atoms with E-state index < -0.39 is 0 Å². The van der Waals surface area contributed by atoms with Gasteiger partial charge in [0.25, 0.3) is 0 Å². The predicted octanol–water partition coefficient (Wildman–Crippen LogP) is 2.51. The normalized spacial score (nSPS) is 13.1. The Kier molecular flexibility index (Phi) is 6.13. The molecule has 3 heteroatoms. The van der Waals surface area contributed by atoms with Crippen LogP contribution in [0.25, 0.3) is 0 Å². The second-order valence-electron chi connectivity index (χ2n) is 3.99. The lowest BCUT2D eigenvalue weighted by Gasteiger charge is -2.18. The summed E-state index contributed by atoms with van der Waals surface area (Å²) < 4.78 is 0. The molecule has 1 amide bonds. The highest BCUT2D eigenvalue weighted by molar-refractivity contribution is 6.20. The summed E-state index contributed by atoms with van der Waals surface area (Å²) in [6.07, 6.45) is 1.59. The largest absolute Gasteiger partial charge is 0.344 e. The molecule has 1 unspecified atom stereocenters. The molecule has 0 N–H and O–H groups in total. The zero-order valence-electron chi connectivity index (χ0n) is 9.01. The number of halogens is 1. The Balaban J connectivity index is 3.69. The Bertz CT molecular complexity index is 157. The van der Waals surface area contributed by atoms with Crippen molar-refractivity contribution in [2.45, 2.75) is 39.0 Å². The molecule has 0 fully saturated rings. The lowest BCUT2D eigenvalue weighted by molar-refractivity contribution is -0.130. The molecule has 0 radical (unpaired) electrons. The highest BCUT2D eigenvalue weighted by atomic mass is 35.5. The van der Waals surface area contributed by atoms with Gasteiger partial charge in [-0.15, -0.1) is 11.6 Å². The van der Waals surface area contributed by atoms with Crippen molar-refractivity contribution in [1.82, 2.24) is 4.90 Å². The maximum Gasteiger partial charge on any atom is 0.222 e. The van der Waals surface area contributed by atoms with Gasteiger partial charge in [-0.05, 0) is 19.3 Å². The lowest BCUT2D eigenvalue weighted by atomic mass is 10.1. The Hall–Kier alpha value is -0.240. The molecule has 0 heterocycles. The van der Waals surface area contributed by atoms with Crippen molar-refractivity contribution >= 4 is 17.5 Å². The van der Waals surface area contributed by atoms with Crippen LogP contribution in [-0.4, -0.2) is 29.8 Å². The molecule has 2 nitrogen and oxygen atoms in total. The van der Waals surface area contributed by atoms with E-state index in [-0.39, 0.29) is 11.3 Å². The minimum Gasteiger partial charge on any atom is -0.344 e. The van der Waals surface area contributed by atoms with Gasteiger partial charge >= 0.3 is 0 Å². The summed E-state index contributed by atoms with van der Waals surface area (Å²) in [5, 5.41) is 0.0352. The molecule has 1 atom stereocenters. The second kappa shape index (κ2) is 6.25. The Morgan fingerprint density at radius 3 is 2.31 bits per heavy atom. The number of carbonyl (C=O) groups is 1. The van der Waals surface area contributed by atoms with Crippen molar-refractivity contribution in [1.29, 1.82) is 0 Å². The number of nitrogens with zero attached hydrogens (tertiary/aromatic N) is 1. The third-order valence-electron chi connectivity index (χ3n) is 1.89. The van der Waals surface area contributed by atoms with E-state index in [0.29, 0.717) is 18.9 Å². The molecule has 13 heavy (non-hydrogen) atoms. The Morgan fingerprint density at radius 2 is 1.92 bits per heavy atom. The monoisotopic (exact) mass is 205 g/mol. The molecule has 0 aliphatic heterocycles. The molecular formula is C10H20ClNO. The third-order valence-corrected chi connectivity index (χ3v) is 2.02. The van der Waals surface area contributed by atoms with Crippen molar-refractivity contribution in [3.63, 3.8) is 0 Å². The van der Waals surface area contributed by atoms with Gasteiger partial charge < -0.3 is 4.90 Å². The Morgan fingerprint density at radius 1 is 1.38 bits per heavy atom. The first-order valence-electron chi connectivity index (χ1n) is 4.81. The van der Waals surface area contributed by atoms with Gasteiger partial charge in [-0.2, -0.15) is 0 Å². The summed E-state index contributed by atoms with van der Waals surface area (Å²) in [4.78, 5) is 13.2. The van der Waals surface area contributed by atoms with Crippen LogP contribution in [0.5, 0.6) is 0 Å². The van der Waals surface area contributed by atoms with Crippen LogP contribution in [0.1, 0.15) is 33.6 Å². The van der Waals surface area contributed by atoms with Crippen LogP contribution in [0.15, 0.2) is 0 Å². The van der Waals surface area contributed by atoms with Crippen molar-refractivity contribution in [3.05, 3.63) is 0 Å². The average Bonchev–Trinajstić information content (AvgIpc) is 1.98. The fraction of sp³-hybridized carbons (Fsp3) is 0.900. The van der Waals surface area contributed by atoms with Crippen molar-refractivity contribution < 1.29 is 4.79 Å². The zero-order valence-corrected chi connectivity index (χ0v) is 9.77. The van der Waals surface area contributed by atoms with E-state index in [1.165, 1.54) is 0 Å². The van der Waals surface area contributed by atoms with E-state index in [1.807, 2.05) is 14.0 Å². The SMILES string of the molecule is CC(C)CCC(=O)N(C)CC(C)Cl. The third kappa shape index (κ3) is 6.88. The summed E-state index contributed by atoms with van der Waals surface area (Å²) in [6, 6.07) is 0. The molecule has 0 aromatic carbocycles. The van der Waals surface area contributed by atoms with E-state index in [9.17, 15) is 4.79 Å². The first-order chi connectivity index (χ1) is 5.93. The fourth-order valence-electron chi connectivity index (χ4n) is 1.08. The number of carbonyl (C=O) groups excluding carboxylic acids is 1. The molecule has 0 spiro atoms. The zero-order chi connectivity index (χ0) is 10.4. The first kappa shape index (κ1) is 12.8. The maximum absolute atomic E-state index is 11.5. The van der Waals surface area contributed by atoms with Gasteiger partial charge in [-0.25, -0.2) is 0 Å². The minimum atomic E-state index is 0.0352. The van der Waals surface area contributed by atoms with Gasteiger partial charge in [0.15, 0.2) is 0 Å².